The average Bonchev–Trinajstić information content (AvgIpc) is 2.37. The van der Waals surface area contributed by atoms with Crippen molar-refractivity contribution in [2.75, 3.05) is 11.5 Å². The van der Waals surface area contributed by atoms with Gasteiger partial charge in [0.15, 0.2) is 9.84 Å². The van der Waals surface area contributed by atoms with E-state index in [1.807, 2.05) is 0 Å². The van der Waals surface area contributed by atoms with Gasteiger partial charge in [0, 0.05) is 11.6 Å². The van der Waals surface area contributed by atoms with E-state index in [2.05, 4.69) is 4.72 Å². The Hall–Kier alpha value is -1.03. The molecule has 9 heteroatoms. The lowest BCUT2D eigenvalue weighted by atomic mass is 10.2. The van der Waals surface area contributed by atoms with Gasteiger partial charge in [0.1, 0.15) is 4.99 Å². The first-order valence-corrected chi connectivity index (χ1v) is 10.0. The lowest BCUT2D eigenvalue weighted by Crippen LogP contribution is -2.43. The minimum absolute atomic E-state index is 0.0606. The maximum absolute atomic E-state index is 12.2. The molecule has 1 unspecified atom stereocenters. The van der Waals surface area contributed by atoms with Gasteiger partial charge in [-0.15, -0.1) is 0 Å². The van der Waals surface area contributed by atoms with E-state index in [4.69, 9.17) is 18.0 Å². The average molecular weight is 348 g/mol. The Morgan fingerprint density at radius 2 is 1.90 bits per heavy atom. The van der Waals surface area contributed by atoms with Crippen molar-refractivity contribution in [3.8, 4) is 0 Å². The molecule has 6 nitrogen and oxygen atoms in total. The number of hydrogen-bond acceptors (Lipinski definition) is 5. The third kappa shape index (κ3) is 4.22. The van der Waals surface area contributed by atoms with Crippen molar-refractivity contribution in [3.05, 3.63) is 29.8 Å². The number of rotatable bonds is 4. The Balaban J connectivity index is 2.16. The molecule has 1 aromatic rings. The number of hydrogen-bond donors (Lipinski definition) is 2. The highest BCUT2D eigenvalue weighted by molar-refractivity contribution is 7.91. The minimum atomic E-state index is -3.75. The lowest BCUT2D eigenvalue weighted by Gasteiger charge is -2.22. The van der Waals surface area contributed by atoms with E-state index < -0.39 is 25.9 Å². The third-order valence-corrected chi connectivity index (χ3v) is 6.83. The Labute approximate surface area is 129 Å². The zero-order chi connectivity index (χ0) is 15.7. The summed E-state index contributed by atoms with van der Waals surface area (Å²) in [4.78, 5) is 0.246. The van der Waals surface area contributed by atoms with E-state index in [0.29, 0.717) is 18.4 Å². The molecule has 0 amide bonds. The molecule has 0 aromatic heterocycles. The van der Waals surface area contributed by atoms with E-state index in [1.165, 1.54) is 24.3 Å². The van der Waals surface area contributed by atoms with Gasteiger partial charge in [-0.25, -0.2) is 21.6 Å². The summed E-state index contributed by atoms with van der Waals surface area (Å²) in [6.45, 7) is 0. The summed E-state index contributed by atoms with van der Waals surface area (Å²) in [6.07, 6.45) is 0.985. The molecule has 1 heterocycles. The first-order chi connectivity index (χ1) is 9.70. The highest BCUT2D eigenvalue weighted by Crippen LogP contribution is 2.16. The molecule has 21 heavy (non-hydrogen) atoms. The molecular formula is C12H16N2O4S3. The molecule has 0 spiro atoms. The molecule has 1 aliphatic rings. The SMILES string of the molecule is NC(=S)c1ccc(S(=O)(=O)NC2CCCS(=O)(=O)C2)cc1. The summed E-state index contributed by atoms with van der Waals surface area (Å²) in [7, 11) is -6.92. The fraction of sp³-hybridized carbons (Fsp3) is 0.417. The summed E-state index contributed by atoms with van der Waals surface area (Å²) in [5.74, 6) is -0.0366. The highest BCUT2D eigenvalue weighted by Gasteiger charge is 2.28. The second-order valence-electron chi connectivity index (χ2n) is 4.96. The normalized spacial score (nSPS) is 21.8. The van der Waals surface area contributed by atoms with E-state index in [9.17, 15) is 16.8 Å². The van der Waals surface area contributed by atoms with Crippen LogP contribution in [0.3, 0.4) is 0 Å². The Bertz CT molecular complexity index is 739. The van der Waals surface area contributed by atoms with Gasteiger partial charge in [-0.05, 0) is 25.0 Å². The highest BCUT2D eigenvalue weighted by atomic mass is 32.2. The van der Waals surface area contributed by atoms with Crippen LogP contribution in [0.25, 0.3) is 0 Å². The van der Waals surface area contributed by atoms with Crippen LogP contribution in [0.1, 0.15) is 18.4 Å². The van der Waals surface area contributed by atoms with Crippen LogP contribution in [0.2, 0.25) is 0 Å². The number of thiocarbonyl (C=S) groups is 1. The van der Waals surface area contributed by atoms with E-state index >= 15 is 0 Å². The van der Waals surface area contributed by atoms with Crippen molar-refractivity contribution >= 4 is 37.1 Å². The molecule has 1 aliphatic heterocycles. The molecule has 0 radical (unpaired) electrons. The van der Waals surface area contributed by atoms with Crippen molar-refractivity contribution in [2.24, 2.45) is 5.73 Å². The van der Waals surface area contributed by atoms with Gasteiger partial charge in [0.2, 0.25) is 10.0 Å². The van der Waals surface area contributed by atoms with Crippen molar-refractivity contribution in [3.63, 3.8) is 0 Å². The first kappa shape index (κ1) is 16.3. The van der Waals surface area contributed by atoms with E-state index in [0.717, 1.165) is 0 Å². The zero-order valence-electron chi connectivity index (χ0n) is 11.2. The quantitative estimate of drug-likeness (QED) is 0.752. The maximum atomic E-state index is 12.2. The third-order valence-electron chi connectivity index (χ3n) is 3.23. The Morgan fingerprint density at radius 1 is 1.29 bits per heavy atom. The lowest BCUT2D eigenvalue weighted by molar-refractivity contribution is 0.517. The second-order valence-corrected chi connectivity index (χ2v) is 9.35. The monoisotopic (exact) mass is 348 g/mol. The minimum Gasteiger partial charge on any atom is -0.389 e. The number of nitrogens with two attached hydrogens (primary N) is 1. The van der Waals surface area contributed by atoms with Gasteiger partial charge in [-0.3, -0.25) is 0 Å². The molecule has 0 saturated carbocycles. The van der Waals surface area contributed by atoms with Gasteiger partial charge in [-0.2, -0.15) is 0 Å². The summed E-state index contributed by atoms with van der Waals surface area (Å²) >= 11 is 4.80. The summed E-state index contributed by atoms with van der Waals surface area (Å²) in [5, 5.41) is 0. The second kappa shape index (κ2) is 5.99. The zero-order valence-corrected chi connectivity index (χ0v) is 13.6. The predicted molar refractivity (Wildman–Crippen MR) is 84.3 cm³/mol. The summed E-state index contributed by atoms with van der Waals surface area (Å²) in [5.41, 5.74) is 6.03. The fourth-order valence-electron chi connectivity index (χ4n) is 2.20. The van der Waals surface area contributed by atoms with Gasteiger partial charge < -0.3 is 5.73 Å². The molecule has 2 rings (SSSR count). The number of nitrogens with one attached hydrogen (secondary N) is 1. The maximum Gasteiger partial charge on any atom is 0.240 e. The van der Waals surface area contributed by atoms with Crippen molar-refractivity contribution in [2.45, 2.75) is 23.8 Å². The van der Waals surface area contributed by atoms with Gasteiger partial charge in [-0.1, -0.05) is 24.4 Å². The standard InChI is InChI=1S/C12H16N2O4S3/c13-12(19)9-3-5-11(6-4-9)21(17,18)14-10-2-1-7-20(15,16)8-10/h3-6,10,14H,1-2,7-8H2,(H2,13,19). The van der Waals surface area contributed by atoms with Crippen molar-refractivity contribution in [1.29, 1.82) is 0 Å². The predicted octanol–water partition coefficient (Wildman–Crippen LogP) is 0.176. The number of benzene rings is 1. The van der Waals surface area contributed by atoms with Gasteiger partial charge >= 0.3 is 0 Å². The van der Waals surface area contributed by atoms with Crippen LogP contribution in [0.5, 0.6) is 0 Å². The van der Waals surface area contributed by atoms with Crippen LogP contribution in [0, 0.1) is 0 Å². The summed E-state index contributed by atoms with van der Waals surface area (Å²) < 4.78 is 50.0. The summed E-state index contributed by atoms with van der Waals surface area (Å²) in [6, 6.07) is 5.26. The molecule has 1 fully saturated rings. The van der Waals surface area contributed by atoms with Gasteiger partial charge in [0.25, 0.3) is 0 Å². The van der Waals surface area contributed by atoms with Crippen molar-refractivity contribution in [1.82, 2.24) is 4.72 Å². The molecule has 0 bridgehead atoms. The molecule has 1 atom stereocenters. The molecular weight excluding hydrogens is 332 g/mol. The largest absolute Gasteiger partial charge is 0.389 e. The number of sulfone groups is 1. The van der Waals surface area contributed by atoms with Crippen LogP contribution >= 0.6 is 12.2 Å². The van der Waals surface area contributed by atoms with Crippen LogP contribution < -0.4 is 10.5 Å². The molecule has 1 saturated heterocycles. The first-order valence-electron chi connectivity index (χ1n) is 6.32. The molecule has 116 valence electrons. The molecule has 1 aromatic carbocycles. The van der Waals surface area contributed by atoms with Crippen LogP contribution in [-0.4, -0.2) is 39.4 Å². The van der Waals surface area contributed by atoms with Crippen LogP contribution in [0.15, 0.2) is 29.2 Å². The molecule has 3 N–H and O–H groups in total. The Morgan fingerprint density at radius 3 is 2.43 bits per heavy atom. The molecule has 0 aliphatic carbocycles. The van der Waals surface area contributed by atoms with E-state index in [1.54, 1.807) is 0 Å². The number of sulfonamides is 1. The van der Waals surface area contributed by atoms with Crippen LogP contribution in [0.4, 0.5) is 0 Å². The van der Waals surface area contributed by atoms with E-state index in [-0.39, 0.29) is 21.4 Å². The van der Waals surface area contributed by atoms with Crippen LogP contribution in [-0.2, 0) is 19.9 Å². The smallest absolute Gasteiger partial charge is 0.240 e. The fourth-order valence-corrected chi connectivity index (χ4v) is 5.35. The topological polar surface area (TPSA) is 106 Å². The van der Waals surface area contributed by atoms with Crippen molar-refractivity contribution < 1.29 is 16.8 Å². The Kier molecular flexibility index (Phi) is 4.66. The van der Waals surface area contributed by atoms with Gasteiger partial charge in [0.05, 0.1) is 16.4 Å².